The van der Waals surface area contributed by atoms with Gasteiger partial charge in [-0.3, -0.25) is 4.90 Å². The van der Waals surface area contributed by atoms with Crippen LogP contribution in [-0.4, -0.2) is 41.8 Å². The summed E-state index contributed by atoms with van der Waals surface area (Å²) < 4.78 is 0. The molecule has 0 heterocycles. The van der Waals surface area contributed by atoms with Crippen LogP contribution in [0.3, 0.4) is 0 Å². The Hall–Kier alpha value is -0.380. The first-order chi connectivity index (χ1) is 6.60. The van der Waals surface area contributed by atoms with Gasteiger partial charge in [-0.2, -0.15) is 0 Å². The summed E-state index contributed by atoms with van der Waals surface area (Å²) in [7, 11) is 0. The summed E-state index contributed by atoms with van der Waals surface area (Å²) >= 11 is 0. The van der Waals surface area contributed by atoms with Crippen LogP contribution in [0.25, 0.3) is 0 Å². The second-order valence-corrected chi connectivity index (χ2v) is 4.53. The lowest BCUT2D eigenvalue weighted by Gasteiger charge is -2.31. The number of aliphatic hydroxyl groups excluding tert-OH is 1. The highest BCUT2D eigenvalue weighted by Crippen LogP contribution is 2.38. The summed E-state index contributed by atoms with van der Waals surface area (Å²) in [5.41, 5.74) is 6.13. The average Bonchev–Trinajstić information content (AvgIpc) is 2.86. The Morgan fingerprint density at radius 2 is 2.29 bits per heavy atom. The minimum absolute atomic E-state index is 0.0990. The molecular formula is C11H22N2O. The van der Waals surface area contributed by atoms with Gasteiger partial charge in [-0.1, -0.05) is 6.08 Å². The van der Waals surface area contributed by atoms with Gasteiger partial charge in [0.05, 0.1) is 6.61 Å². The maximum absolute atomic E-state index is 8.90. The lowest BCUT2D eigenvalue weighted by molar-refractivity contribution is 0.172. The molecule has 0 aromatic heterocycles. The van der Waals surface area contributed by atoms with Crippen molar-refractivity contribution in [3.05, 3.63) is 12.7 Å². The third-order valence-electron chi connectivity index (χ3n) is 2.88. The van der Waals surface area contributed by atoms with Crippen molar-refractivity contribution in [2.45, 2.75) is 25.3 Å². The van der Waals surface area contributed by atoms with Crippen LogP contribution in [0.15, 0.2) is 12.7 Å². The minimum Gasteiger partial charge on any atom is -0.395 e. The smallest absolute Gasteiger partial charge is 0.0558 e. The molecule has 0 spiro atoms. The molecule has 0 bridgehead atoms. The Balaban J connectivity index is 2.39. The van der Waals surface area contributed by atoms with Gasteiger partial charge in [-0.25, -0.2) is 0 Å². The highest BCUT2D eigenvalue weighted by Gasteiger charge is 2.39. The van der Waals surface area contributed by atoms with Crippen molar-refractivity contribution in [1.82, 2.24) is 4.90 Å². The molecule has 1 aliphatic rings. The second-order valence-electron chi connectivity index (χ2n) is 4.53. The standard InChI is InChI=1S/C11H22N2O/c1-3-6-13(7-8-14)9-11(2,12)10-4-5-10/h3,10,14H,1,4-9,12H2,2H3. The summed E-state index contributed by atoms with van der Waals surface area (Å²) in [6.45, 7) is 8.35. The number of rotatable bonds is 7. The molecule has 1 rings (SSSR count). The third kappa shape index (κ3) is 3.40. The van der Waals surface area contributed by atoms with E-state index in [1.54, 1.807) is 0 Å². The third-order valence-corrected chi connectivity index (χ3v) is 2.88. The quantitative estimate of drug-likeness (QED) is 0.589. The van der Waals surface area contributed by atoms with Crippen molar-refractivity contribution in [3.63, 3.8) is 0 Å². The van der Waals surface area contributed by atoms with Crippen LogP contribution in [0.1, 0.15) is 19.8 Å². The Bertz CT molecular complexity index is 188. The Labute approximate surface area is 86.6 Å². The van der Waals surface area contributed by atoms with E-state index in [0.29, 0.717) is 12.5 Å². The monoisotopic (exact) mass is 198 g/mol. The molecule has 1 atom stereocenters. The molecule has 14 heavy (non-hydrogen) atoms. The average molecular weight is 198 g/mol. The highest BCUT2D eigenvalue weighted by atomic mass is 16.3. The van der Waals surface area contributed by atoms with Gasteiger partial charge in [0.25, 0.3) is 0 Å². The minimum atomic E-state index is -0.0990. The topological polar surface area (TPSA) is 49.5 Å². The zero-order valence-corrected chi connectivity index (χ0v) is 9.08. The summed E-state index contributed by atoms with van der Waals surface area (Å²) in [5.74, 6) is 0.675. The number of nitrogens with two attached hydrogens (primary N) is 1. The van der Waals surface area contributed by atoms with E-state index in [-0.39, 0.29) is 12.1 Å². The van der Waals surface area contributed by atoms with E-state index >= 15 is 0 Å². The van der Waals surface area contributed by atoms with Crippen molar-refractivity contribution in [2.75, 3.05) is 26.2 Å². The molecule has 1 saturated carbocycles. The molecule has 0 aromatic carbocycles. The molecular weight excluding hydrogens is 176 g/mol. The molecule has 0 radical (unpaired) electrons. The van der Waals surface area contributed by atoms with Crippen LogP contribution in [0.4, 0.5) is 0 Å². The number of aliphatic hydroxyl groups is 1. The molecule has 82 valence electrons. The molecule has 1 unspecified atom stereocenters. The SMILES string of the molecule is C=CCN(CCO)CC(C)(N)C1CC1. The van der Waals surface area contributed by atoms with Gasteiger partial charge in [0, 0.05) is 25.2 Å². The molecule has 3 N–H and O–H groups in total. The second kappa shape index (κ2) is 4.91. The van der Waals surface area contributed by atoms with E-state index < -0.39 is 0 Å². The van der Waals surface area contributed by atoms with E-state index in [9.17, 15) is 0 Å². The fourth-order valence-corrected chi connectivity index (χ4v) is 1.91. The van der Waals surface area contributed by atoms with Crippen LogP contribution >= 0.6 is 0 Å². The fourth-order valence-electron chi connectivity index (χ4n) is 1.91. The van der Waals surface area contributed by atoms with Gasteiger partial charge < -0.3 is 10.8 Å². The number of nitrogens with zero attached hydrogens (tertiary/aromatic N) is 1. The number of hydrogen-bond acceptors (Lipinski definition) is 3. The van der Waals surface area contributed by atoms with Gasteiger partial charge in [-0.15, -0.1) is 6.58 Å². The van der Waals surface area contributed by atoms with Crippen molar-refractivity contribution in [1.29, 1.82) is 0 Å². The summed E-state index contributed by atoms with van der Waals surface area (Å²) in [4.78, 5) is 2.16. The molecule has 0 aliphatic heterocycles. The van der Waals surface area contributed by atoms with Gasteiger partial charge in [0.15, 0.2) is 0 Å². The summed E-state index contributed by atoms with van der Waals surface area (Å²) in [6, 6.07) is 0. The van der Waals surface area contributed by atoms with Crippen molar-refractivity contribution in [2.24, 2.45) is 11.7 Å². The number of hydrogen-bond donors (Lipinski definition) is 2. The first-order valence-corrected chi connectivity index (χ1v) is 5.33. The molecule has 0 aromatic rings. The van der Waals surface area contributed by atoms with Crippen molar-refractivity contribution >= 4 is 0 Å². The maximum Gasteiger partial charge on any atom is 0.0558 e. The van der Waals surface area contributed by atoms with E-state index in [0.717, 1.165) is 13.1 Å². The lowest BCUT2D eigenvalue weighted by Crippen LogP contribution is -2.50. The zero-order valence-electron chi connectivity index (χ0n) is 9.08. The van der Waals surface area contributed by atoms with Crippen LogP contribution in [0.5, 0.6) is 0 Å². The maximum atomic E-state index is 8.90. The van der Waals surface area contributed by atoms with Gasteiger partial charge in [-0.05, 0) is 25.7 Å². The first-order valence-electron chi connectivity index (χ1n) is 5.33. The molecule has 3 heteroatoms. The lowest BCUT2D eigenvalue weighted by atomic mass is 9.96. The van der Waals surface area contributed by atoms with Crippen LogP contribution in [0, 0.1) is 5.92 Å². The Kier molecular flexibility index (Phi) is 4.11. The van der Waals surface area contributed by atoms with Gasteiger partial charge >= 0.3 is 0 Å². The molecule has 1 fully saturated rings. The van der Waals surface area contributed by atoms with Crippen LogP contribution in [-0.2, 0) is 0 Å². The van der Waals surface area contributed by atoms with Crippen LogP contribution in [0.2, 0.25) is 0 Å². The van der Waals surface area contributed by atoms with E-state index in [1.807, 2.05) is 6.08 Å². The fraction of sp³-hybridized carbons (Fsp3) is 0.818. The Morgan fingerprint density at radius 3 is 2.71 bits per heavy atom. The van der Waals surface area contributed by atoms with Gasteiger partial charge in [0.2, 0.25) is 0 Å². The normalized spacial score (nSPS) is 20.9. The van der Waals surface area contributed by atoms with Crippen molar-refractivity contribution < 1.29 is 5.11 Å². The highest BCUT2D eigenvalue weighted by molar-refractivity contribution is 4.97. The first kappa shape index (κ1) is 11.7. The van der Waals surface area contributed by atoms with Crippen molar-refractivity contribution in [3.8, 4) is 0 Å². The zero-order chi connectivity index (χ0) is 10.6. The van der Waals surface area contributed by atoms with Crippen LogP contribution < -0.4 is 5.73 Å². The molecule has 0 amide bonds. The molecule has 3 nitrogen and oxygen atoms in total. The van der Waals surface area contributed by atoms with E-state index in [1.165, 1.54) is 12.8 Å². The summed E-state index contributed by atoms with van der Waals surface area (Å²) in [6.07, 6.45) is 4.38. The largest absolute Gasteiger partial charge is 0.395 e. The summed E-state index contributed by atoms with van der Waals surface area (Å²) in [5, 5.41) is 8.90. The molecule has 1 aliphatic carbocycles. The van der Waals surface area contributed by atoms with E-state index in [4.69, 9.17) is 10.8 Å². The molecule has 0 saturated heterocycles. The van der Waals surface area contributed by atoms with E-state index in [2.05, 4.69) is 18.4 Å². The Morgan fingerprint density at radius 1 is 1.64 bits per heavy atom. The van der Waals surface area contributed by atoms with Gasteiger partial charge in [0.1, 0.15) is 0 Å². The predicted molar refractivity (Wildman–Crippen MR) is 59.0 cm³/mol. The predicted octanol–water partition coefficient (Wildman–Crippen LogP) is 0.594.